The Hall–Kier alpha value is -1.71. The Labute approximate surface area is 69.5 Å². The molecular formula is C8H8N4. The number of hydrogen-bond donors (Lipinski definition) is 1. The Kier molecular flexibility index (Phi) is 1.40. The van der Waals surface area contributed by atoms with Gasteiger partial charge in [0.2, 0.25) is 0 Å². The third kappa shape index (κ3) is 0.972. The largest absolute Gasteiger partial charge is 0.397 e. The van der Waals surface area contributed by atoms with Crippen LogP contribution in [0.3, 0.4) is 0 Å². The number of aryl methyl sites for hydroxylation is 1. The van der Waals surface area contributed by atoms with Gasteiger partial charge in [-0.25, -0.2) is 9.97 Å². The smallest absolute Gasteiger partial charge is 0.116 e. The van der Waals surface area contributed by atoms with Crippen molar-refractivity contribution in [1.29, 1.82) is 0 Å². The second kappa shape index (κ2) is 2.41. The topological polar surface area (TPSA) is 64.7 Å². The maximum Gasteiger partial charge on any atom is 0.116 e. The summed E-state index contributed by atoms with van der Waals surface area (Å²) in [6.45, 7) is 1.90. The maximum atomic E-state index is 5.55. The molecule has 0 spiro atoms. The molecule has 0 aliphatic carbocycles. The zero-order valence-corrected chi connectivity index (χ0v) is 6.65. The minimum Gasteiger partial charge on any atom is -0.397 e. The van der Waals surface area contributed by atoms with Crippen LogP contribution < -0.4 is 5.73 Å². The lowest BCUT2D eigenvalue weighted by Crippen LogP contribution is -1.92. The molecule has 0 aliphatic rings. The summed E-state index contributed by atoms with van der Waals surface area (Å²) >= 11 is 0. The van der Waals surface area contributed by atoms with Gasteiger partial charge < -0.3 is 5.73 Å². The third-order valence-corrected chi connectivity index (χ3v) is 1.68. The van der Waals surface area contributed by atoms with Crippen molar-refractivity contribution in [3.63, 3.8) is 0 Å². The molecule has 0 unspecified atom stereocenters. The van der Waals surface area contributed by atoms with E-state index in [1.807, 2.05) is 6.92 Å². The van der Waals surface area contributed by atoms with E-state index in [4.69, 9.17) is 5.73 Å². The van der Waals surface area contributed by atoms with Crippen LogP contribution in [0.25, 0.3) is 11.0 Å². The first-order valence-electron chi connectivity index (χ1n) is 3.60. The number of nitrogens with zero attached hydrogens (tertiary/aromatic N) is 3. The number of anilines is 1. The molecule has 0 atom stereocenters. The number of nitrogen functional groups attached to an aromatic ring is 1. The van der Waals surface area contributed by atoms with Gasteiger partial charge in [0.05, 0.1) is 23.1 Å². The fraction of sp³-hybridized carbons (Fsp3) is 0.125. The fourth-order valence-electron chi connectivity index (χ4n) is 1.08. The van der Waals surface area contributed by atoms with E-state index >= 15 is 0 Å². The van der Waals surface area contributed by atoms with E-state index in [0.717, 1.165) is 16.7 Å². The van der Waals surface area contributed by atoms with Crippen LogP contribution in [-0.2, 0) is 0 Å². The monoisotopic (exact) mass is 160 g/mol. The van der Waals surface area contributed by atoms with Crippen molar-refractivity contribution in [1.82, 2.24) is 15.0 Å². The van der Waals surface area contributed by atoms with Gasteiger partial charge in [0.25, 0.3) is 0 Å². The average molecular weight is 160 g/mol. The van der Waals surface area contributed by atoms with Crippen molar-refractivity contribution >= 4 is 16.7 Å². The molecule has 2 heterocycles. The van der Waals surface area contributed by atoms with Crippen molar-refractivity contribution < 1.29 is 0 Å². The first-order chi connectivity index (χ1) is 5.77. The number of fused-ring (bicyclic) bond motifs is 1. The van der Waals surface area contributed by atoms with E-state index < -0.39 is 0 Å². The van der Waals surface area contributed by atoms with Crippen LogP contribution in [0.5, 0.6) is 0 Å². The summed E-state index contributed by atoms with van der Waals surface area (Å²) in [5.41, 5.74) is 8.66. The summed E-state index contributed by atoms with van der Waals surface area (Å²) in [4.78, 5) is 12.2. The van der Waals surface area contributed by atoms with Crippen LogP contribution in [0.15, 0.2) is 18.6 Å². The number of nitrogens with two attached hydrogens (primary N) is 1. The normalized spacial score (nSPS) is 10.4. The predicted octanol–water partition coefficient (Wildman–Crippen LogP) is 0.915. The summed E-state index contributed by atoms with van der Waals surface area (Å²) < 4.78 is 0. The third-order valence-electron chi connectivity index (χ3n) is 1.68. The maximum absolute atomic E-state index is 5.55. The zero-order chi connectivity index (χ0) is 8.55. The molecule has 0 saturated heterocycles. The van der Waals surface area contributed by atoms with E-state index in [2.05, 4.69) is 15.0 Å². The van der Waals surface area contributed by atoms with Crippen molar-refractivity contribution in [2.24, 2.45) is 0 Å². The van der Waals surface area contributed by atoms with Crippen molar-refractivity contribution in [3.05, 3.63) is 24.3 Å². The Bertz CT molecular complexity index is 424. The van der Waals surface area contributed by atoms with Crippen LogP contribution in [0, 0.1) is 6.92 Å². The SMILES string of the molecule is Cc1ncnc2cc(N)cnc12. The van der Waals surface area contributed by atoms with Crippen molar-refractivity contribution in [2.45, 2.75) is 6.92 Å². The fourth-order valence-corrected chi connectivity index (χ4v) is 1.08. The second-order valence-corrected chi connectivity index (χ2v) is 2.60. The molecule has 2 aromatic rings. The molecule has 2 aromatic heterocycles. The lowest BCUT2D eigenvalue weighted by molar-refractivity contribution is 1.13. The molecule has 4 nitrogen and oxygen atoms in total. The van der Waals surface area contributed by atoms with Gasteiger partial charge in [-0.1, -0.05) is 0 Å². The number of hydrogen-bond acceptors (Lipinski definition) is 4. The van der Waals surface area contributed by atoms with Crippen molar-refractivity contribution in [2.75, 3.05) is 5.73 Å². The molecule has 0 saturated carbocycles. The quantitative estimate of drug-likeness (QED) is 0.622. The minimum atomic E-state index is 0.626. The van der Waals surface area contributed by atoms with Crippen LogP contribution in [-0.4, -0.2) is 15.0 Å². The highest BCUT2D eigenvalue weighted by atomic mass is 14.9. The van der Waals surface area contributed by atoms with E-state index in [1.165, 1.54) is 6.33 Å². The molecular weight excluding hydrogens is 152 g/mol. The van der Waals surface area contributed by atoms with Gasteiger partial charge >= 0.3 is 0 Å². The summed E-state index contributed by atoms with van der Waals surface area (Å²) in [7, 11) is 0. The van der Waals surface area contributed by atoms with Crippen molar-refractivity contribution in [3.8, 4) is 0 Å². The summed E-state index contributed by atoms with van der Waals surface area (Å²) in [6.07, 6.45) is 3.12. The number of rotatable bonds is 0. The highest BCUT2D eigenvalue weighted by Gasteiger charge is 1.99. The zero-order valence-electron chi connectivity index (χ0n) is 6.65. The highest BCUT2D eigenvalue weighted by molar-refractivity contribution is 5.78. The molecule has 0 amide bonds. The van der Waals surface area contributed by atoms with E-state index in [9.17, 15) is 0 Å². The molecule has 0 aromatic carbocycles. The van der Waals surface area contributed by atoms with Gasteiger partial charge in [-0.15, -0.1) is 0 Å². The van der Waals surface area contributed by atoms with Gasteiger partial charge in [-0.05, 0) is 13.0 Å². The van der Waals surface area contributed by atoms with Gasteiger partial charge in [0.1, 0.15) is 11.8 Å². The molecule has 0 bridgehead atoms. The van der Waals surface area contributed by atoms with E-state index in [-0.39, 0.29) is 0 Å². The lowest BCUT2D eigenvalue weighted by atomic mass is 10.3. The molecule has 60 valence electrons. The van der Waals surface area contributed by atoms with Crippen LogP contribution >= 0.6 is 0 Å². The molecule has 0 radical (unpaired) electrons. The number of pyridine rings is 1. The molecule has 0 aliphatic heterocycles. The molecule has 12 heavy (non-hydrogen) atoms. The molecule has 0 fully saturated rings. The van der Waals surface area contributed by atoms with Crippen LogP contribution in [0.1, 0.15) is 5.69 Å². The second-order valence-electron chi connectivity index (χ2n) is 2.60. The first-order valence-corrected chi connectivity index (χ1v) is 3.60. The van der Waals surface area contributed by atoms with E-state index in [1.54, 1.807) is 12.3 Å². The Morgan fingerprint density at radius 2 is 2.08 bits per heavy atom. The van der Waals surface area contributed by atoms with Crippen LogP contribution in [0.2, 0.25) is 0 Å². The Morgan fingerprint density at radius 1 is 1.25 bits per heavy atom. The van der Waals surface area contributed by atoms with Gasteiger partial charge in [-0.3, -0.25) is 4.98 Å². The predicted molar refractivity (Wildman–Crippen MR) is 46.5 cm³/mol. The first kappa shape index (κ1) is 6.97. The summed E-state index contributed by atoms with van der Waals surface area (Å²) in [5.74, 6) is 0. The Morgan fingerprint density at radius 3 is 2.92 bits per heavy atom. The van der Waals surface area contributed by atoms with Crippen LogP contribution in [0.4, 0.5) is 5.69 Å². The summed E-state index contributed by atoms with van der Waals surface area (Å²) in [5, 5.41) is 0. The molecule has 2 rings (SSSR count). The Balaban J connectivity index is 2.86. The lowest BCUT2D eigenvalue weighted by Gasteiger charge is -1.98. The summed E-state index contributed by atoms with van der Waals surface area (Å²) in [6, 6.07) is 1.79. The highest BCUT2D eigenvalue weighted by Crippen LogP contribution is 2.12. The van der Waals surface area contributed by atoms with Gasteiger partial charge in [0, 0.05) is 0 Å². The minimum absolute atomic E-state index is 0.626. The molecule has 2 N–H and O–H groups in total. The van der Waals surface area contributed by atoms with E-state index in [0.29, 0.717) is 5.69 Å². The molecule has 4 heteroatoms. The van der Waals surface area contributed by atoms with Gasteiger partial charge in [0.15, 0.2) is 0 Å². The standard InChI is InChI=1S/C8H8N4/c1-5-8-7(12-4-11-5)2-6(9)3-10-8/h2-4H,9H2,1H3. The van der Waals surface area contributed by atoms with Gasteiger partial charge in [-0.2, -0.15) is 0 Å². The average Bonchev–Trinajstić information content (AvgIpc) is 2.04. The number of aromatic nitrogens is 3.